The fraction of sp³-hybridized carbons (Fsp3) is 0.333. The lowest BCUT2D eigenvalue weighted by Gasteiger charge is -2.08. The van der Waals surface area contributed by atoms with Crippen LogP contribution in [0.25, 0.3) is 0 Å². The molecule has 0 unspecified atom stereocenters. The van der Waals surface area contributed by atoms with Crippen molar-refractivity contribution in [3.8, 4) is 6.07 Å². The summed E-state index contributed by atoms with van der Waals surface area (Å²) in [5.74, 6) is -0.640. The fourth-order valence-corrected chi connectivity index (χ4v) is 1.67. The number of hydrogen-bond acceptors (Lipinski definition) is 5. The lowest BCUT2D eigenvalue weighted by molar-refractivity contribution is -0.385. The number of carbonyl (C=O) groups is 1. The number of carbonyl (C=O) groups excluding carboxylic acids is 1. The van der Waals surface area contributed by atoms with Gasteiger partial charge in [0.2, 0.25) is 0 Å². The molecule has 0 spiro atoms. The van der Waals surface area contributed by atoms with Crippen LogP contribution in [0.5, 0.6) is 0 Å². The molecule has 1 rings (SSSR count). The maximum absolute atomic E-state index is 11.6. The van der Waals surface area contributed by atoms with E-state index in [2.05, 4.69) is 0 Å². The first-order chi connectivity index (χ1) is 8.56. The lowest BCUT2D eigenvalue weighted by Crippen LogP contribution is -2.10. The average molecular weight is 248 g/mol. The maximum atomic E-state index is 11.6. The van der Waals surface area contributed by atoms with Gasteiger partial charge in [0.1, 0.15) is 6.07 Å². The first-order valence-electron chi connectivity index (χ1n) is 5.44. The molecular formula is C12H12N2O4. The van der Waals surface area contributed by atoms with Crippen LogP contribution in [-0.4, -0.2) is 17.5 Å². The van der Waals surface area contributed by atoms with E-state index in [-0.39, 0.29) is 29.0 Å². The van der Waals surface area contributed by atoms with E-state index in [9.17, 15) is 14.9 Å². The summed E-state index contributed by atoms with van der Waals surface area (Å²) >= 11 is 0. The Morgan fingerprint density at radius 3 is 2.61 bits per heavy atom. The molecule has 94 valence electrons. The lowest BCUT2D eigenvalue weighted by atomic mass is 9.98. The molecule has 6 heteroatoms. The van der Waals surface area contributed by atoms with Crippen LogP contribution in [0.15, 0.2) is 12.1 Å². The van der Waals surface area contributed by atoms with Gasteiger partial charge in [-0.1, -0.05) is 6.92 Å². The zero-order valence-corrected chi connectivity index (χ0v) is 10.1. The number of ether oxygens (including phenoxy) is 1. The zero-order chi connectivity index (χ0) is 13.7. The highest BCUT2D eigenvalue weighted by molar-refractivity contribution is 5.93. The second kappa shape index (κ2) is 5.77. The van der Waals surface area contributed by atoms with Gasteiger partial charge >= 0.3 is 5.97 Å². The van der Waals surface area contributed by atoms with Gasteiger partial charge in [0, 0.05) is 11.6 Å². The fourth-order valence-electron chi connectivity index (χ4n) is 1.67. The Hall–Kier alpha value is -2.42. The van der Waals surface area contributed by atoms with Crippen molar-refractivity contribution < 1.29 is 14.5 Å². The van der Waals surface area contributed by atoms with Crippen LogP contribution < -0.4 is 0 Å². The molecular weight excluding hydrogens is 236 g/mol. The van der Waals surface area contributed by atoms with Crippen LogP contribution in [0.4, 0.5) is 5.69 Å². The van der Waals surface area contributed by atoms with E-state index >= 15 is 0 Å². The molecule has 0 saturated carbocycles. The highest BCUT2D eigenvalue weighted by Crippen LogP contribution is 2.26. The van der Waals surface area contributed by atoms with Crippen LogP contribution in [-0.2, 0) is 11.2 Å². The molecule has 1 aromatic rings. The van der Waals surface area contributed by atoms with Gasteiger partial charge in [-0.2, -0.15) is 5.26 Å². The highest BCUT2D eigenvalue weighted by Gasteiger charge is 2.23. The van der Waals surface area contributed by atoms with E-state index in [1.54, 1.807) is 13.8 Å². The summed E-state index contributed by atoms with van der Waals surface area (Å²) in [5, 5.41) is 19.9. The molecule has 6 nitrogen and oxygen atoms in total. The molecule has 0 N–H and O–H groups in total. The number of rotatable bonds is 4. The molecule has 1 aromatic carbocycles. The van der Waals surface area contributed by atoms with Crippen molar-refractivity contribution in [2.75, 3.05) is 6.61 Å². The van der Waals surface area contributed by atoms with Crippen molar-refractivity contribution in [1.29, 1.82) is 5.26 Å². The minimum atomic E-state index is -0.640. The molecule has 0 amide bonds. The Morgan fingerprint density at radius 1 is 1.50 bits per heavy atom. The van der Waals surface area contributed by atoms with Gasteiger partial charge in [0.15, 0.2) is 0 Å². The average Bonchev–Trinajstić information content (AvgIpc) is 2.36. The summed E-state index contributed by atoms with van der Waals surface area (Å²) < 4.78 is 4.81. The quantitative estimate of drug-likeness (QED) is 0.462. The molecule has 0 aliphatic heterocycles. The minimum Gasteiger partial charge on any atom is -0.462 e. The van der Waals surface area contributed by atoms with E-state index < -0.39 is 10.9 Å². The summed E-state index contributed by atoms with van der Waals surface area (Å²) in [7, 11) is 0. The van der Waals surface area contributed by atoms with E-state index in [1.807, 2.05) is 6.07 Å². The number of nitro benzene ring substituents is 1. The van der Waals surface area contributed by atoms with Crippen molar-refractivity contribution >= 4 is 11.7 Å². The second-order valence-electron chi connectivity index (χ2n) is 3.43. The maximum Gasteiger partial charge on any atom is 0.339 e. The number of nitriles is 1. The Bertz CT molecular complexity index is 532. The van der Waals surface area contributed by atoms with Gasteiger partial charge in [0.25, 0.3) is 5.69 Å². The summed E-state index contributed by atoms with van der Waals surface area (Å²) in [4.78, 5) is 21.9. The smallest absolute Gasteiger partial charge is 0.339 e. The van der Waals surface area contributed by atoms with E-state index in [0.29, 0.717) is 6.42 Å². The van der Waals surface area contributed by atoms with Crippen molar-refractivity contribution in [3.05, 3.63) is 38.9 Å². The third kappa shape index (κ3) is 2.46. The van der Waals surface area contributed by atoms with Crippen molar-refractivity contribution in [3.63, 3.8) is 0 Å². The van der Waals surface area contributed by atoms with E-state index in [1.165, 1.54) is 12.1 Å². The molecule has 0 aliphatic carbocycles. The molecule has 0 atom stereocenters. The van der Waals surface area contributed by atoms with E-state index in [4.69, 9.17) is 10.00 Å². The third-order valence-electron chi connectivity index (χ3n) is 2.45. The molecule has 0 fully saturated rings. The van der Waals surface area contributed by atoms with Crippen molar-refractivity contribution in [1.82, 2.24) is 0 Å². The van der Waals surface area contributed by atoms with Crippen LogP contribution in [0.1, 0.15) is 35.3 Å². The first-order valence-corrected chi connectivity index (χ1v) is 5.44. The highest BCUT2D eigenvalue weighted by atomic mass is 16.6. The predicted octanol–water partition coefficient (Wildman–Crippen LogP) is 2.21. The summed E-state index contributed by atoms with van der Waals surface area (Å²) in [6.45, 7) is 3.52. The minimum absolute atomic E-state index is 0.0187. The van der Waals surface area contributed by atoms with Gasteiger partial charge in [-0.15, -0.1) is 0 Å². The third-order valence-corrected chi connectivity index (χ3v) is 2.45. The Balaban J connectivity index is 3.45. The standard InChI is InChI=1S/C12H12N2O4/c1-3-8-10(7-13)9(12(15)18-4-2)5-6-11(8)14(16)17/h5-6H,3-4H2,1-2H3. The first kappa shape index (κ1) is 13.6. The van der Waals surface area contributed by atoms with Gasteiger partial charge in [-0.3, -0.25) is 10.1 Å². The van der Waals surface area contributed by atoms with Crippen LogP contribution in [0, 0.1) is 21.4 Å². The van der Waals surface area contributed by atoms with Crippen LogP contribution >= 0.6 is 0 Å². The molecule has 0 heterocycles. The monoisotopic (exact) mass is 248 g/mol. The number of nitro groups is 1. The largest absolute Gasteiger partial charge is 0.462 e. The van der Waals surface area contributed by atoms with Gasteiger partial charge in [-0.25, -0.2) is 4.79 Å². The number of nitrogens with zero attached hydrogens (tertiary/aromatic N) is 2. The van der Waals surface area contributed by atoms with E-state index in [0.717, 1.165) is 0 Å². The summed E-state index contributed by atoms with van der Waals surface area (Å²) in [6.07, 6.45) is 0.298. The van der Waals surface area contributed by atoms with Gasteiger partial charge in [-0.05, 0) is 19.4 Å². The van der Waals surface area contributed by atoms with Crippen molar-refractivity contribution in [2.24, 2.45) is 0 Å². The van der Waals surface area contributed by atoms with Crippen molar-refractivity contribution in [2.45, 2.75) is 20.3 Å². The number of benzene rings is 1. The molecule has 0 radical (unpaired) electrons. The van der Waals surface area contributed by atoms with Crippen LogP contribution in [0.3, 0.4) is 0 Å². The molecule has 0 aliphatic rings. The summed E-state index contributed by atoms with van der Waals surface area (Å²) in [6, 6.07) is 4.33. The Morgan fingerprint density at radius 2 is 2.17 bits per heavy atom. The van der Waals surface area contributed by atoms with Gasteiger partial charge < -0.3 is 4.74 Å². The second-order valence-corrected chi connectivity index (χ2v) is 3.43. The number of esters is 1. The molecule has 0 aromatic heterocycles. The zero-order valence-electron chi connectivity index (χ0n) is 10.1. The Labute approximate surface area is 104 Å². The van der Waals surface area contributed by atoms with Gasteiger partial charge in [0.05, 0.1) is 22.7 Å². The molecule has 18 heavy (non-hydrogen) atoms. The topological polar surface area (TPSA) is 93.2 Å². The molecule has 0 saturated heterocycles. The SMILES string of the molecule is CCOC(=O)c1ccc([N+](=O)[O-])c(CC)c1C#N. The predicted molar refractivity (Wildman–Crippen MR) is 63.1 cm³/mol. The summed E-state index contributed by atoms with van der Waals surface area (Å²) in [5.41, 5.74) is 0.196. The number of hydrogen-bond donors (Lipinski definition) is 0. The van der Waals surface area contributed by atoms with Crippen LogP contribution in [0.2, 0.25) is 0 Å². The Kier molecular flexibility index (Phi) is 4.38. The molecule has 0 bridgehead atoms. The normalized spacial score (nSPS) is 9.61.